The molecule has 0 saturated heterocycles. The first-order chi connectivity index (χ1) is 21.8. The van der Waals surface area contributed by atoms with E-state index in [2.05, 4.69) is 125 Å². The van der Waals surface area contributed by atoms with E-state index in [-0.39, 0.29) is 0 Å². The molecule has 0 aliphatic heterocycles. The van der Waals surface area contributed by atoms with Crippen molar-refractivity contribution in [2.24, 2.45) is 0 Å². The van der Waals surface area contributed by atoms with E-state index in [1.165, 1.54) is 43.8 Å². The van der Waals surface area contributed by atoms with Gasteiger partial charge in [0, 0.05) is 12.4 Å². The zero-order valence-corrected chi connectivity index (χ0v) is 23.9. The van der Waals surface area contributed by atoms with Crippen molar-refractivity contribution in [3.63, 3.8) is 0 Å². The molecule has 3 aromatic heterocycles. The van der Waals surface area contributed by atoms with Gasteiger partial charge in [0.25, 0.3) is 0 Å². The Labute approximate surface area is 256 Å². The molecule has 44 heavy (non-hydrogen) atoms. The Morgan fingerprint density at radius 1 is 0.318 bits per heavy atom. The van der Waals surface area contributed by atoms with Crippen LogP contribution in [0.3, 0.4) is 0 Å². The molecule has 0 N–H and O–H groups in total. The molecule has 0 radical (unpaired) electrons. The number of nitrogens with zero attached hydrogens (tertiary/aromatic N) is 3. The van der Waals surface area contributed by atoms with E-state index in [0.717, 1.165) is 33.9 Å². The first-order valence-corrected chi connectivity index (χ1v) is 14.8. The van der Waals surface area contributed by atoms with Gasteiger partial charge in [0.1, 0.15) is 0 Å². The molecule has 0 unspecified atom stereocenters. The van der Waals surface area contributed by atoms with Crippen molar-refractivity contribution in [2.45, 2.75) is 0 Å². The maximum Gasteiger partial charge on any atom is 0.0900 e. The van der Waals surface area contributed by atoms with Crippen molar-refractivity contribution < 1.29 is 0 Å². The first kappa shape index (κ1) is 25.8. The maximum absolute atomic E-state index is 4.93. The molecule has 8 aromatic rings. The highest BCUT2D eigenvalue weighted by atomic mass is 14.8. The minimum atomic E-state index is 0.821. The Hall–Kier alpha value is -5.93. The molecule has 0 amide bonds. The van der Waals surface area contributed by atoms with E-state index in [4.69, 9.17) is 4.98 Å². The summed E-state index contributed by atoms with van der Waals surface area (Å²) in [6.07, 6.45) is 3.60. The molecule has 0 saturated carbocycles. The Kier molecular flexibility index (Phi) is 6.47. The van der Waals surface area contributed by atoms with Crippen LogP contribution < -0.4 is 0 Å². The topological polar surface area (TPSA) is 38.7 Å². The summed E-state index contributed by atoms with van der Waals surface area (Å²) in [6.45, 7) is 0. The summed E-state index contributed by atoms with van der Waals surface area (Å²) in [4.78, 5) is 14.1. The Morgan fingerprint density at radius 3 is 1.52 bits per heavy atom. The van der Waals surface area contributed by atoms with E-state index in [0.29, 0.717) is 0 Å². The SMILES string of the molecule is c1ccc(-c2cc(-c3ccc(-c4ccccc4-c4cc5ccccc5c5ccccc45)cc3)cc(-c3ccccn3)n2)nc1. The zero-order valence-electron chi connectivity index (χ0n) is 23.9. The molecule has 8 rings (SSSR count). The monoisotopic (exact) mass is 561 g/mol. The maximum atomic E-state index is 4.93. The summed E-state index contributed by atoms with van der Waals surface area (Å²) >= 11 is 0. The summed E-state index contributed by atoms with van der Waals surface area (Å²) in [5.74, 6) is 0. The highest BCUT2D eigenvalue weighted by molar-refractivity contribution is 6.14. The van der Waals surface area contributed by atoms with Gasteiger partial charge < -0.3 is 0 Å². The fourth-order valence-electron chi connectivity index (χ4n) is 6.08. The molecule has 0 aliphatic rings. The van der Waals surface area contributed by atoms with Crippen LogP contribution in [0.1, 0.15) is 0 Å². The van der Waals surface area contributed by atoms with Crippen molar-refractivity contribution in [3.05, 3.63) is 164 Å². The molecule has 206 valence electrons. The largest absolute Gasteiger partial charge is 0.255 e. The Balaban J connectivity index is 1.24. The summed E-state index contributed by atoms with van der Waals surface area (Å²) in [7, 11) is 0. The lowest BCUT2D eigenvalue weighted by atomic mass is 9.88. The molecule has 0 aliphatic carbocycles. The van der Waals surface area contributed by atoms with Gasteiger partial charge in [-0.05, 0) is 97.4 Å². The summed E-state index contributed by atoms with van der Waals surface area (Å²) in [6, 6.07) is 53.3. The fourth-order valence-corrected chi connectivity index (χ4v) is 6.08. The molecule has 0 spiro atoms. The van der Waals surface area contributed by atoms with Crippen LogP contribution in [-0.4, -0.2) is 15.0 Å². The number of fused-ring (bicyclic) bond motifs is 3. The van der Waals surface area contributed by atoms with Gasteiger partial charge in [0.05, 0.1) is 22.8 Å². The predicted molar refractivity (Wildman–Crippen MR) is 182 cm³/mol. The smallest absolute Gasteiger partial charge is 0.0900 e. The third-order valence-electron chi connectivity index (χ3n) is 8.19. The van der Waals surface area contributed by atoms with Crippen LogP contribution in [0.2, 0.25) is 0 Å². The van der Waals surface area contributed by atoms with Crippen LogP contribution in [0.5, 0.6) is 0 Å². The molecular formula is C41H27N3. The third kappa shape index (κ3) is 4.71. The van der Waals surface area contributed by atoms with Crippen molar-refractivity contribution in [1.29, 1.82) is 0 Å². The third-order valence-corrected chi connectivity index (χ3v) is 8.19. The molecule has 3 nitrogen and oxygen atoms in total. The van der Waals surface area contributed by atoms with E-state index >= 15 is 0 Å². The van der Waals surface area contributed by atoms with Gasteiger partial charge >= 0.3 is 0 Å². The average Bonchev–Trinajstić information content (AvgIpc) is 3.12. The van der Waals surface area contributed by atoms with E-state index in [1.54, 1.807) is 12.4 Å². The van der Waals surface area contributed by atoms with E-state index < -0.39 is 0 Å². The molecule has 0 fully saturated rings. The normalized spacial score (nSPS) is 11.2. The van der Waals surface area contributed by atoms with Crippen LogP contribution in [-0.2, 0) is 0 Å². The van der Waals surface area contributed by atoms with Crippen LogP contribution in [0, 0.1) is 0 Å². The van der Waals surface area contributed by atoms with E-state index in [1.807, 2.05) is 36.4 Å². The fraction of sp³-hybridized carbons (Fsp3) is 0. The second-order valence-corrected chi connectivity index (χ2v) is 10.9. The van der Waals surface area contributed by atoms with Gasteiger partial charge in [-0.15, -0.1) is 0 Å². The van der Waals surface area contributed by atoms with Gasteiger partial charge in [-0.2, -0.15) is 0 Å². The molecule has 0 atom stereocenters. The van der Waals surface area contributed by atoms with Crippen LogP contribution >= 0.6 is 0 Å². The lowest BCUT2D eigenvalue weighted by molar-refractivity contribution is 1.22. The zero-order chi connectivity index (χ0) is 29.3. The van der Waals surface area contributed by atoms with Gasteiger partial charge in [-0.3, -0.25) is 9.97 Å². The summed E-state index contributed by atoms with van der Waals surface area (Å²) in [5, 5.41) is 5.06. The van der Waals surface area contributed by atoms with Gasteiger partial charge in [0.2, 0.25) is 0 Å². The van der Waals surface area contributed by atoms with Crippen molar-refractivity contribution in [3.8, 4) is 56.2 Å². The minimum Gasteiger partial charge on any atom is -0.255 e. The summed E-state index contributed by atoms with van der Waals surface area (Å²) < 4.78 is 0. The number of benzene rings is 5. The number of aromatic nitrogens is 3. The molecule has 3 heteroatoms. The minimum absolute atomic E-state index is 0.821. The van der Waals surface area contributed by atoms with Gasteiger partial charge in [0.15, 0.2) is 0 Å². The average molecular weight is 562 g/mol. The van der Waals surface area contributed by atoms with Crippen molar-refractivity contribution in [1.82, 2.24) is 15.0 Å². The standard InChI is InChI=1S/C41H27N3/c1-2-13-33-30(11-1)25-37(36-16-6-5-14-34(33)36)35-15-4-3-12-32(35)29-21-19-28(20-22-29)31-26-40(38-17-7-9-23-42-38)44-41(27-31)39-18-8-10-24-43-39/h1-27H. The van der Waals surface area contributed by atoms with Crippen LogP contribution in [0.4, 0.5) is 0 Å². The second-order valence-electron chi connectivity index (χ2n) is 10.9. The molecule has 3 heterocycles. The number of hydrogen-bond acceptors (Lipinski definition) is 3. The Morgan fingerprint density at radius 2 is 0.864 bits per heavy atom. The number of hydrogen-bond donors (Lipinski definition) is 0. The van der Waals surface area contributed by atoms with Crippen molar-refractivity contribution >= 4 is 21.5 Å². The first-order valence-electron chi connectivity index (χ1n) is 14.8. The highest BCUT2D eigenvalue weighted by Crippen LogP contribution is 2.40. The van der Waals surface area contributed by atoms with Gasteiger partial charge in [-0.1, -0.05) is 109 Å². The Bertz CT molecular complexity index is 2200. The molecule has 0 bridgehead atoms. The van der Waals surface area contributed by atoms with Crippen LogP contribution in [0.25, 0.3) is 77.7 Å². The summed E-state index contributed by atoms with van der Waals surface area (Å²) in [5.41, 5.74) is 10.3. The lowest BCUT2D eigenvalue weighted by Gasteiger charge is -2.15. The van der Waals surface area contributed by atoms with Crippen LogP contribution in [0.15, 0.2) is 164 Å². The van der Waals surface area contributed by atoms with E-state index in [9.17, 15) is 0 Å². The second kappa shape index (κ2) is 11.0. The predicted octanol–water partition coefficient (Wildman–Crippen LogP) is 10.5. The number of pyridine rings is 3. The quantitative estimate of drug-likeness (QED) is 0.196. The highest BCUT2D eigenvalue weighted by Gasteiger charge is 2.14. The lowest BCUT2D eigenvalue weighted by Crippen LogP contribution is -1.94. The molecular weight excluding hydrogens is 534 g/mol. The molecule has 5 aromatic carbocycles. The van der Waals surface area contributed by atoms with Crippen molar-refractivity contribution in [2.75, 3.05) is 0 Å². The number of rotatable bonds is 5. The van der Waals surface area contributed by atoms with Gasteiger partial charge in [-0.25, -0.2) is 4.98 Å².